The molecule has 0 spiro atoms. The van der Waals surface area contributed by atoms with E-state index in [0.717, 1.165) is 25.8 Å². The van der Waals surface area contributed by atoms with Gasteiger partial charge in [0, 0.05) is 18.0 Å². The molecule has 1 fully saturated rings. The number of piperidine rings is 1. The Morgan fingerprint density at radius 1 is 1.44 bits per heavy atom. The summed E-state index contributed by atoms with van der Waals surface area (Å²) in [5.74, 6) is 0.192. The quantitative estimate of drug-likeness (QED) is 0.754. The van der Waals surface area contributed by atoms with Gasteiger partial charge < -0.3 is 10.6 Å². The number of hydrogen-bond acceptors (Lipinski definition) is 2. The molecule has 0 aromatic rings. The van der Waals surface area contributed by atoms with Crippen molar-refractivity contribution in [1.29, 1.82) is 0 Å². The number of nitrogens with one attached hydrogen (secondary N) is 2. The van der Waals surface area contributed by atoms with E-state index in [1.165, 1.54) is 12.8 Å². The van der Waals surface area contributed by atoms with Crippen LogP contribution < -0.4 is 10.6 Å². The van der Waals surface area contributed by atoms with Gasteiger partial charge in [0.1, 0.15) is 0 Å². The number of amides is 1. The smallest absolute Gasteiger partial charge is 0.221 e. The average molecular weight is 226 g/mol. The first-order chi connectivity index (χ1) is 7.53. The van der Waals surface area contributed by atoms with Crippen LogP contribution in [0.3, 0.4) is 0 Å². The van der Waals surface area contributed by atoms with Gasteiger partial charge in [0.15, 0.2) is 0 Å². The fourth-order valence-corrected chi connectivity index (χ4v) is 2.44. The molecule has 1 amide bonds. The van der Waals surface area contributed by atoms with Gasteiger partial charge in [-0.1, -0.05) is 19.8 Å². The van der Waals surface area contributed by atoms with Gasteiger partial charge in [0.2, 0.25) is 5.91 Å². The fraction of sp³-hybridized carbons (Fsp3) is 0.923. The maximum atomic E-state index is 11.9. The second-order valence-corrected chi connectivity index (χ2v) is 5.53. The van der Waals surface area contributed by atoms with Crippen LogP contribution in [0.1, 0.15) is 59.3 Å². The van der Waals surface area contributed by atoms with Gasteiger partial charge in [-0.25, -0.2) is 0 Å². The molecule has 1 heterocycles. The highest BCUT2D eigenvalue weighted by molar-refractivity contribution is 5.77. The first-order valence-electron chi connectivity index (χ1n) is 6.58. The van der Waals surface area contributed by atoms with Crippen LogP contribution in [0.25, 0.3) is 0 Å². The second kappa shape index (κ2) is 6.24. The van der Waals surface area contributed by atoms with E-state index in [-0.39, 0.29) is 11.4 Å². The van der Waals surface area contributed by atoms with Crippen molar-refractivity contribution in [3.05, 3.63) is 0 Å². The molecule has 0 aromatic carbocycles. The van der Waals surface area contributed by atoms with E-state index < -0.39 is 0 Å². The van der Waals surface area contributed by atoms with E-state index in [0.29, 0.717) is 12.5 Å². The molecule has 1 aliphatic heterocycles. The summed E-state index contributed by atoms with van der Waals surface area (Å²) in [6.45, 7) is 7.41. The summed E-state index contributed by atoms with van der Waals surface area (Å²) < 4.78 is 0. The molecular weight excluding hydrogens is 200 g/mol. The molecule has 0 radical (unpaired) electrons. The van der Waals surface area contributed by atoms with Crippen LogP contribution in [0, 0.1) is 0 Å². The maximum Gasteiger partial charge on any atom is 0.221 e. The van der Waals surface area contributed by atoms with Crippen LogP contribution in [-0.4, -0.2) is 24.0 Å². The summed E-state index contributed by atoms with van der Waals surface area (Å²) in [6, 6.07) is 0.395. The fourth-order valence-electron chi connectivity index (χ4n) is 2.44. The van der Waals surface area contributed by atoms with Gasteiger partial charge >= 0.3 is 0 Å². The van der Waals surface area contributed by atoms with Crippen molar-refractivity contribution in [3.63, 3.8) is 0 Å². The molecule has 0 bridgehead atoms. The van der Waals surface area contributed by atoms with E-state index in [1.807, 2.05) is 0 Å². The summed E-state index contributed by atoms with van der Waals surface area (Å²) in [5, 5.41) is 6.53. The van der Waals surface area contributed by atoms with Crippen molar-refractivity contribution in [1.82, 2.24) is 10.6 Å². The molecule has 3 nitrogen and oxygen atoms in total. The molecule has 1 saturated heterocycles. The minimum Gasteiger partial charge on any atom is -0.351 e. The van der Waals surface area contributed by atoms with E-state index >= 15 is 0 Å². The van der Waals surface area contributed by atoms with Crippen molar-refractivity contribution in [3.8, 4) is 0 Å². The molecule has 16 heavy (non-hydrogen) atoms. The molecule has 2 N–H and O–H groups in total. The van der Waals surface area contributed by atoms with Crippen LogP contribution in [-0.2, 0) is 4.79 Å². The standard InChI is InChI=1S/C13H26N2O/c1-4-8-13(2,3)15-12(16)10-11-7-5-6-9-14-11/h11,14H,4-10H2,1-3H3,(H,15,16). The minimum absolute atomic E-state index is 0.0551. The van der Waals surface area contributed by atoms with Crippen molar-refractivity contribution in [2.75, 3.05) is 6.54 Å². The second-order valence-electron chi connectivity index (χ2n) is 5.53. The lowest BCUT2D eigenvalue weighted by atomic mass is 9.97. The lowest BCUT2D eigenvalue weighted by Gasteiger charge is -2.28. The van der Waals surface area contributed by atoms with E-state index in [9.17, 15) is 4.79 Å². The Balaban J connectivity index is 2.28. The van der Waals surface area contributed by atoms with E-state index in [4.69, 9.17) is 0 Å². The Hall–Kier alpha value is -0.570. The normalized spacial score (nSPS) is 21.8. The minimum atomic E-state index is -0.0551. The summed E-state index contributed by atoms with van der Waals surface area (Å²) in [7, 11) is 0. The third kappa shape index (κ3) is 4.97. The zero-order chi connectivity index (χ0) is 12.0. The van der Waals surface area contributed by atoms with E-state index in [2.05, 4.69) is 31.4 Å². The Kier molecular flexibility index (Phi) is 5.26. The van der Waals surface area contributed by atoms with Crippen LogP contribution in [0.4, 0.5) is 0 Å². The van der Waals surface area contributed by atoms with Gasteiger partial charge in [0.05, 0.1) is 0 Å². The number of carbonyl (C=O) groups excluding carboxylic acids is 1. The molecule has 1 unspecified atom stereocenters. The topological polar surface area (TPSA) is 41.1 Å². The molecule has 0 aromatic heterocycles. The predicted molar refractivity (Wildman–Crippen MR) is 67.4 cm³/mol. The zero-order valence-electron chi connectivity index (χ0n) is 10.9. The van der Waals surface area contributed by atoms with Gasteiger partial charge in [0.25, 0.3) is 0 Å². The van der Waals surface area contributed by atoms with Crippen LogP contribution >= 0.6 is 0 Å². The first-order valence-corrected chi connectivity index (χ1v) is 6.58. The Morgan fingerprint density at radius 2 is 2.19 bits per heavy atom. The highest BCUT2D eigenvalue weighted by Crippen LogP contribution is 2.13. The molecule has 3 heteroatoms. The van der Waals surface area contributed by atoms with Gasteiger partial charge in [-0.05, 0) is 39.7 Å². The monoisotopic (exact) mass is 226 g/mol. The molecule has 0 aliphatic carbocycles. The lowest BCUT2D eigenvalue weighted by molar-refractivity contribution is -0.123. The lowest BCUT2D eigenvalue weighted by Crippen LogP contribution is -2.46. The SMILES string of the molecule is CCCC(C)(C)NC(=O)CC1CCCCN1. The predicted octanol–water partition coefficient (Wildman–Crippen LogP) is 2.21. The largest absolute Gasteiger partial charge is 0.351 e. The Bertz CT molecular complexity index is 220. The van der Waals surface area contributed by atoms with Crippen molar-refractivity contribution in [2.45, 2.75) is 70.9 Å². The summed E-state index contributed by atoms with van der Waals surface area (Å²) >= 11 is 0. The molecular formula is C13H26N2O. The van der Waals surface area contributed by atoms with Crippen molar-refractivity contribution < 1.29 is 4.79 Å². The average Bonchev–Trinajstić information content (AvgIpc) is 2.17. The van der Waals surface area contributed by atoms with E-state index in [1.54, 1.807) is 0 Å². The molecule has 1 atom stereocenters. The third-order valence-corrected chi connectivity index (χ3v) is 3.20. The highest BCUT2D eigenvalue weighted by atomic mass is 16.1. The third-order valence-electron chi connectivity index (χ3n) is 3.20. The summed E-state index contributed by atoms with van der Waals surface area (Å²) in [4.78, 5) is 11.9. The molecule has 1 rings (SSSR count). The van der Waals surface area contributed by atoms with Crippen LogP contribution in [0.5, 0.6) is 0 Å². The molecule has 1 aliphatic rings. The number of carbonyl (C=O) groups is 1. The van der Waals surface area contributed by atoms with Gasteiger partial charge in [-0.15, -0.1) is 0 Å². The van der Waals surface area contributed by atoms with Gasteiger partial charge in [-0.2, -0.15) is 0 Å². The number of hydrogen-bond donors (Lipinski definition) is 2. The highest BCUT2D eigenvalue weighted by Gasteiger charge is 2.22. The van der Waals surface area contributed by atoms with Gasteiger partial charge in [-0.3, -0.25) is 4.79 Å². The first kappa shape index (κ1) is 13.5. The van der Waals surface area contributed by atoms with Crippen molar-refractivity contribution in [2.24, 2.45) is 0 Å². The summed E-state index contributed by atoms with van der Waals surface area (Å²) in [6.07, 6.45) is 6.42. The molecule has 0 saturated carbocycles. The van der Waals surface area contributed by atoms with Crippen LogP contribution in [0.2, 0.25) is 0 Å². The van der Waals surface area contributed by atoms with Crippen LogP contribution in [0.15, 0.2) is 0 Å². The zero-order valence-corrected chi connectivity index (χ0v) is 10.9. The maximum absolute atomic E-state index is 11.9. The molecule has 94 valence electrons. The Morgan fingerprint density at radius 3 is 2.75 bits per heavy atom. The number of rotatable bonds is 5. The summed E-state index contributed by atoms with van der Waals surface area (Å²) in [5.41, 5.74) is -0.0551. The van der Waals surface area contributed by atoms with Crippen molar-refractivity contribution >= 4 is 5.91 Å². The Labute approximate surface area is 99.4 Å².